The summed E-state index contributed by atoms with van der Waals surface area (Å²) in [5, 5.41) is 0. The van der Waals surface area contributed by atoms with Crippen LogP contribution in [0, 0.1) is 5.41 Å². The minimum Gasteiger partial charge on any atom is -0.362 e. The Kier molecular flexibility index (Phi) is 2.96. The largest absolute Gasteiger partial charge is 0.362 e. The number of likely N-dealkylation sites (tertiary alicyclic amines) is 1. The monoisotopic (exact) mass is 185 g/mol. The lowest BCUT2D eigenvalue weighted by atomic mass is 9.84. The van der Waals surface area contributed by atoms with Crippen molar-refractivity contribution in [2.45, 2.75) is 39.8 Å². The molecule has 76 valence electrons. The van der Waals surface area contributed by atoms with Gasteiger partial charge >= 0.3 is 0 Å². The van der Waals surface area contributed by atoms with Crippen LogP contribution in [0.4, 0.5) is 0 Å². The first-order valence-corrected chi connectivity index (χ1v) is 4.78. The molecule has 0 spiro atoms. The fraction of sp³-hybridized carbons (Fsp3) is 0.900. The molecule has 1 aliphatic rings. The number of nitrogens with zero attached hydrogens (tertiary/aromatic N) is 1. The Bertz CT molecular complexity index is 201. The summed E-state index contributed by atoms with van der Waals surface area (Å²) in [6.07, 6.45) is 1.55. The smallest absolute Gasteiger partial charge is 0.224 e. The second-order valence-electron chi connectivity index (χ2n) is 4.52. The van der Waals surface area contributed by atoms with E-state index in [1.165, 1.54) is 0 Å². The predicted molar refractivity (Wildman–Crippen MR) is 51.2 cm³/mol. The van der Waals surface area contributed by atoms with Crippen LogP contribution in [0.25, 0.3) is 0 Å². The van der Waals surface area contributed by atoms with Crippen molar-refractivity contribution >= 4 is 5.91 Å². The molecule has 1 saturated heterocycles. The van der Waals surface area contributed by atoms with Crippen LogP contribution in [0.3, 0.4) is 0 Å². The molecule has 3 heteroatoms. The van der Waals surface area contributed by atoms with Gasteiger partial charge in [0.25, 0.3) is 0 Å². The molecule has 1 amide bonds. The first kappa shape index (κ1) is 10.5. The van der Waals surface area contributed by atoms with Gasteiger partial charge in [-0.25, -0.2) is 0 Å². The second kappa shape index (κ2) is 3.66. The van der Waals surface area contributed by atoms with Crippen molar-refractivity contribution in [2.75, 3.05) is 13.7 Å². The average Bonchev–Trinajstić information content (AvgIpc) is 2.08. The topological polar surface area (TPSA) is 29.5 Å². The normalized spacial score (nSPS) is 24.6. The van der Waals surface area contributed by atoms with E-state index in [1.807, 2.05) is 11.8 Å². The number of carbonyl (C=O) groups is 1. The third-order valence-corrected chi connectivity index (χ3v) is 2.71. The van der Waals surface area contributed by atoms with Crippen molar-refractivity contribution in [2.24, 2.45) is 5.41 Å². The third kappa shape index (κ3) is 2.44. The highest BCUT2D eigenvalue weighted by Crippen LogP contribution is 2.30. The van der Waals surface area contributed by atoms with E-state index < -0.39 is 0 Å². The molecule has 0 bridgehead atoms. The summed E-state index contributed by atoms with van der Waals surface area (Å²) in [6.45, 7) is 7.10. The van der Waals surface area contributed by atoms with Crippen LogP contribution in [0.1, 0.15) is 33.6 Å². The van der Waals surface area contributed by atoms with Crippen molar-refractivity contribution in [1.82, 2.24) is 4.90 Å². The van der Waals surface area contributed by atoms with Crippen molar-refractivity contribution in [3.63, 3.8) is 0 Å². The molecule has 1 atom stereocenters. The van der Waals surface area contributed by atoms with Crippen LogP contribution < -0.4 is 0 Å². The molecule has 1 aliphatic heterocycles. The molecule has 0 aliphatic carbocycles. The molecule has 0 saturated carbocycles. The lowest BCUT2D eigenvalue weighted by Crippen LogP contribution is -2.48. The van der Waals surface area contributed by atoms with E-state index >= 15 is 0 Å². The van der Waals surface area contributed by atoms with Crippen LogP contribution in [0.2, 0.25) is 0 Å². The number of methoxy groups -OCH3 is 1. The number of carbonyl (C=O) groups excluding carboxylic acids is 1. The maximum absolute atomic E-state index is 11.5. The number of hydrogen-bond donors (Lipinski definition) is 0. The molecule has 3 nitrogen and oxygen atoms in total. The zero-order valence-corrected chi connectivity index (χ0v) is 8.96. The predicted octanol–water partition coefficient (Wildman–Crippen LogP) is 1.63. The maximum atomic E-state index is 11.5. The van der Waals surface area contributed by atoms with Gasteiger partial charge in [-0.1, -0.05) is 13.8 Å². The van der Waals surface area contributed by atoms with Gasteiger partial charge in [-0.2, -0.15) is 0 Å². The van der Waals surface area contributed by atoms with E-state index in [9.17, 15) is 4.79 Å². The van der Waals surface area contributed by atoms with Gasteiger partial charge in [0.1, 0.15) is 6.23 Å². The zero-order chi connectivity index (χ0) is 10.1. The van der Waals surface area contributed by atoms with Crippen molar-refractivity contribution in [3.8, 4) is 0 Å². The number of rotatable bonds is 2. The van der Waals surface area contributed by atoms with E-state index in [0.717, 1.165) is 13.0 Å². The maximum Gasteiger partial charge on any atom is 0.224 e. The Labute approximate surface area is 80.1 Å². The fourth-order valence-electron chi connectivity index (χ4n) is 1.68. The summed E-state index contributed by atoms with van der Waals surface area (Å²) in [7, 11) is 1.64. The number of amides is 1. The van der Waals surface area contributed by atoms with Crippen LogP contribution in [0.15, 0.2) is 0 Å². The van der Waals surface area contributed by atoms with E-state index in [0.29, 0.717) is 6.42 Å². The summed E-state index contributed by atoms with van der Waals surface area (Å²) >= 11 is 0. The first-order chi connectivity index (χ1) is 5.96. The van der Waals surface area contributed by atoms with Gasteiger partial charge < -0.3 is 9.64 Å². The molecule has 13 heavy (non-hydrogen) atoms. The van der Waals surface area contributed by atoms with E-state index in [-0.39, 0.29) is 17.6 Å². The fourth-order valence-corrected chi connectivity index (χ4v) is 1.68. The molecule has 0 aromatic carbocycles. The Hall–Kier alpha value is -0.570. The van der Waals surface area contributed by atoms with E-state index in [2.05, 4.69) is 13.8 Å². The standard InChI is InChI=1S/C10H19NO2/c1-8(13-4)11-7-10(2,3)6-5-9(11)12/h8H,5-7H2,1-4H3. The van der Waals surface area contributed by atoms with E-state index in [1.54, 1.807) is 7.11 Å². The number of piperidine rings is 1. The molecule has 0 aromatic rings. The van der Waals surface area contributed by atoms with Gasteiger partial charge in [-0.3, -0.25) is 4.79 Å². The Morgan fingerprint density at radius 2 is 2.15 bits per heavy atom. The van der Waals surface area contributed by atoms with Crippen molar-refractivity contribution in [1.29, 1.82) is 0 Å². The van der Waals surface area contributed by atoms with Gasteiger partial charge in [0.15, 0.2) is 0 Å². The summed E-state index contributed by atoms with van der Waals surface area (Å²) in [5.74, 6) is 0.216. The summed E-state index contributed by atoms with van der Waals surface area (Å²) in [6, 6.07) is 0. The highest BCUT2D eigenvalue weighted by Gasteiger charge is 2.33. The molecular weight excluding hydrogens is 166 g/mol. The lowest BCUT2D eigenvalue weighted by Gasteiger charge is -2.40. The minimum atomic E-state index is -0.0907. The van der Waals surface area contributed by atoms with Crippen LogP contribution >= 0.6 is 0 Å². The molecule has 1 heterocycles. The molecule has 1 fully saturated rings. The second-order valence-corrected chi connectivity index (χ2v) is 4.52. The summed E-state index contributed by atoms with van der Waals surface area (Å²) < 4.78 is 5.16. The van der Waals surface area contributed by atoms with Crippen molar-refractivity contribution < 1.29 is 9.53 Å². The zero-order valence-electron chi connectivity index (χ0n) is 8.96. The lowest BCUT2D eigenvalue weighted by molar-refractivity contribution is -0.150. The van der Waals surface area contributed by atoms with E-state index in [4.69, 9.17) is 4.74 Å². The molecule has 1 rings (SSSR count). The summed E-state index contributed by atoms with van der Waals surface area (Å²) in [4.78, 5) is 13.4. The van der Waals surface area contributed by atoms with Gasteiger partial charge in [-0.05, 0) is 18.8 Å². The SMILES string of the molecule is COC(C)N1CC(C)(C)CCC1=O. The first-order valence-electron chi connectivity index (χ1n) is 4.78. The Morgan fingerprint density at radius 3 is 2.69 bits per heavy atom. The van der Waals surface area contributed by atoms with Gasteiger partial charge in [0.2, 0.25) is 5.91 Å². The van der Waals surface area contributed by atoms with Gasteiger partial charge in [0.05, 0.1) is 0 Å². The molecular formula is C10H19NO2. The molecule has 0 aromatic heterocycles. The van der Waals surface area contributed by atoms with Crippen LogP contribution in [-0.4, -0.2) is 30.7 Å². The molecule has 1 unspecified atom stereocenters. The highest BCUT2D eigenvalue weighted by molar-refractivity contribution is 5.77. The van der Waals surface area contributed by atoms with Gasteiger partial charge in [-0.15, -0.1) is 0 Å². The van der Waals surface area contributed by atoms with Crippen LogP contribution in [-0.2, 0) is 9.53 Å². The average molecular weight is 185 g/mol. The van der Waals surface area contributed by atoms with Gasteiger partial charge in [0, 0.05) is 20.1 Å². The third-order valence-electron chi connectivity index (χ3n) is 2.71. The summed E-state index contributed by atoms with van der Waals surface area (Å²) in [5.41, 5.74) is 0.237. The van der Waals surface area contributed by atoms with Crippen molar-refractivity contribution in [3.05, 3.63) is 0 Å². The Morgan fingerprint density at radius 1 is 1.54 bits per heavy atom. The highest BCUT2D eigenvalue weighted by atomic mass is 16.5. The number of hydrogen-bond acceptors (Lipinski definition) is 2. The molecule has 0 radical (unpaired) electrons. The van der Waals surface area contributed by atoms with Crippen LogP contribution in [0.5, 0.6) is 0 Å². The number of ether oxygens (including phenoxy) is 1. The molecule has 0 N–H and O–H groups in total. The Balaban J connectivity index is 2.65. The minimum absolute atomic E-state index is 0.0907. The quantitative estimate of drug-likeness (QED) is 0.654.